The van der Waals surface area contributed by atoms with Gasteiger partial charge >= 0.3 is 12.1 Å². The number of amides is 1. The lowest BCUT2D eigenvalue weighted by Crippen LogP contribution is -2.43. The van der Waals surface area contributed by atoms with E-state index in [1.165, 1.54) is 12.1 Å². The van der Waals surface area contributed by atoms with Crippen molar-refractivity contribution in [2.24, 2.45) is 5.41 Å². The molecule has 0 spiro atoms. The first-order valence-corrected chi connectivity index (χ1v) is 7.45. The first-order valence-electron chi connectivity index (χ1n) is 7.45. The third-order valence-corrected chi connectivity index (χ3v) is 3.98. The molecule has 0 saturated carbocycles. The summed E-state index contributed by atoms with van der Waals surface area (Å²) in [6, 6.07) is 4.57. The first kappa shape index (κ1) is 19.8. The number of halogens is 3. The molecule has 0 aliphatic rings. The fraction of sp³-hybridized carbons (Fsp3) is 0.500. The normalized spacial score (nSPS) is 11.9. The summed E-state index contributed by atoms with van der Waals surface area (Å²) < 4.78 is 43.4. The molecule has 8 heteroatoms. The van der Waals surface area contributed by atoms with Gasteiger partial charge in [-0.3, -0.25) is 9.59 Å². The Labute approximate surface area is 137 Å². The maximum Gasteiger partial charge on any atom is 0.419 e. The zero-order chi connectivity index (χ0) is 18.4. The van der Waals surface area contributed by atoms with Crippen LogP contribution in [0.4, 0.5) is 13.2 Å². The Balaban J connectivity index is 2.67. The minimum Gasteiger partial charge on any atom is -0.483 e. The molecule has 0 unspecified atom stereocenters. The highest BCUT2D eigenvalue weighted by atomic mass is 19.4. The number of carboxylic acids is 1. The first-order chi connectivity index (χ1) is 11.2. The quantitative estimate of drug-likeness (QED) is 0.758. The van der Waals surface area contributed by atoms with Gasteiger partial charge in [-0.25, -0.2) is 0 Å². The van der Waals surface area contributed by atoms with Crippen molar-refractivity contribution in [1.82, 2.24) is 5.32 Å². The Morgan fingerprint density at radius 3 is 2.25 bits per heavy atom. The minimum atomic E-state index is -4.59. The molecule has 0 aliphatic carbocycles. The van der Waals surface area contributed by atoms with Crippen LogP contribution in [0.5, 0.6) is 5.75 Å². The molecule has 1 aromatic rings. The number of hydrogen-bond donors (Lipinski definition) is 2. The number of para-hydroxylation sites is 1. The second kappa shape index (κ2) is 8.03. The molecule has 0 radical (unpaired) electrons. The van der Waals surface area contributed by atoms with Crippen molar-refractivity contribution < 1.29 is 32.6 Å². The van der Waals surface area contributed by atoms with E-state index in [0.29, 0.717) is 12.8 Å². The van der Waals surface area contributed by atoms with Gasteiger partial charge in [0.25, 0.3) is 5.91 Å². The summed E-state index contributed by atoms with van der Waals surface area (Å²) >= 11 is 0. The van der Waals surface area contributed by atoms with Crippen LogP contribution in [0.25, 0.3) is 0 Å². The third kappa shape index (κ3) is 4.87. The van der Waals surface area contributed by atoms with Crippen LogP contribution < -0.4 is 10.1 Å². The molecule has 0 bridgehead atoms. The van der Waals surface area contributed by atoms with Gasteiger partial charge in [-0.2, -0.15) is 13.2 Å². The Hall–Kier alpha value is -2.25. The lowest BCUT2D eigenvalue weighted by atomic mass is 9.82. The summed E-state index contributed by atoms with van der Waals surface area (Å²) in [5.41, 5.74) is -2.07. The molecular formula is C16H20F3NO4. The molecule has 0 fully saturated rings. The number of aliphatic carboxylic acids is 1. The van der Waals surface area contributed by atoms with Crippen molar-refractivity contribution in [3.05, 3.63) is 29.8 Å². The maximum absolute atomic E-state index is 12.8. The van der Waals surface area contributed by atoms with Gasteiger partial charge in [0, 0.05) is 6.54 Å². The average Bonchev–Trinajstić information content (AvgIpc) is 2.53. The number of hydrogen-bond acceptors (Lipinski definition) is 3. The van der Waals surface area contributed by atoms with E-state index in [-0.39, 0.29) is 6.54 Å². The van der Waals surface area contributed by atoms with E-state index < -0.39 is 41.4 Å². The van der Waals surface area contributed by atoms with E-state index in [1.807, 2.05) is 0 Å². The molecule has 0 aromatic heterocycles. The number of benzene rings is 1. The molecular weight excluding hydrogens is 327 g/mol. The highest BCUT2D eigenvalue weighted by Gasteiger charge is 2.36. The van der Waals surface area contributed by atoms with Gasteiger partial charge in [0.2, 0.25) is 0 Å². The van der Waals surface area contributed by atoms with Gasteiger partial charge in [0.1, 0.15) is 5.75 Å². The van der Waals surface area contributed by atoms with Crippen molar-refractivity contribution >= 4 is 11.9 Å². The summed E-state index contributed by atoms with van der Waals surface area (Å²) in [4.78, 5) is 23.1. The Morgan fingerprint density at radius 2 is 1.75 bits per heavy atom. The zero-order valence-corrected chi connectivity index (χ0v) is 13.4. The van der Waals surface area contributed by atoms with Crippen molar-refractivity contribution in [2.45, 2.75) is 32.9 Å². The molecule has 1 aromatic carbocycles. The topological polar surface area (TPSA) is 75.6 Å². The second-order valence-electron chi connectivity index (χ2n) is 5.35. The van der Waals surface area contributed by atoms with E-state index in [9.17, 15) is 27.9 Å². The number of rotatable bonds is 8. The van der Waals surface area contributed by atoms with Gasteiger partial charge in [-0.15, -0.1) is 0 Å². The van der Waals surface area contributed by atoms with Gasteiger partial charge in [0.05, 0.1) is 11.0 Å². The monoisotopic (exact) mass is 347 g/mol. The van der Waals surface area contributed by atoms with E-state index >= 15 is 0 Å². The van der Waals surface area contributed by atoms with Crippen LogP contribution in [-0.2, 0) is 15.8 Å². The molecule has 0 atom stereocenters. The van der Waals surface area contributed by atoms with Crippen LogP contribution in [0.1, 0.15) is 32.3 Å². The van der Waals surface area contributed by atoms with Crippen molar-refractivity contribution in [3.8, 4) is 5.75 Å². The number of carbonyl (C=O) groups excluding carboxylic acids is 1. The molecule has 0 aliphatic heterocycles. The van der Waals surface area contributed by atoms with Crippen LogP contribution in [0, 0.1) is 5.41 Å². The predicted octanol–water partition coefficient (Wildman–Crippen LogP) is 3.09. The largest absolute Gasteiger partial charge is 0.483 e. The van der Waals surface area contributed by atoms with E-state index in [4.69, 9.17) is 4.74 Å². The SMILES string of the molecule is CCC(CC)(CNC(=O)COc1ccccc1C(F)(F)F)C(=O)O. The average molecular weight is 347 g/mol. The van der Waals surface area contributed by atoms with Gasteiger partial charge in [-0.05, 0) is 25.0 Å². The van der Waals surface area contributed by atoms with Gasteiger partial charge in [0.15, 0.2) is 6.61 Å². The molecule has 5 nitrogen and oxygen atoms in total. The summed E-state index contributed by atoms with van der Waals surface area (Å²) in [6.45, 7) is 2.65. The number of ether oxygens (including phenoxy) is 1. The molecule has 24 heavy (non-hydrogen) atoms. The van der Waals surface area contributed by atoms with Gasteiger partial charge in [-0.1, -0.05) is 26.0 Å². The fourth-order valence-electron chi connectivity index (χ4n) is 2.17. The van der Waals surface area contributed by atoms with E-state index in [2.05, 4.69) is 5.32 Å². The van der Waals surface area contributed by atoms with Crippen molar-refractivity contribution in [1.29, 1.82) is 0 Å². The standard InChI is InChI=1S/C16H20F3NO4/c1-3-15(4-2,14(22)23)10-20-13(21)9-24-12-8-6-5-7-11(12)16(17,18)19/h5-8H,3-4,9-10H2,1-2H3,(H,20,21)(H,22,23). The van der Waals surface area contributed by atoms with Gasteiger partial charge < -0.3 is 15.2 Å². The predicted molar refractivity (Wildman–Crippen MR) is 80.6 cm³/mol. The fourth-order valence-corrected chi connectivity index (χ4v) is 2.17. The Morgan fingerprint density at radius 1 is 1.17 bits per heavy atom. The van der Waals surface area contributed by atoms with E-state index in [0.717, 1.165) is 12.1 Å². The minimum absolute atomic E-state index is 0.113. The number of alkyl halides is 3. The smallest absolute Gasteiger partial charge is 0.419 e. The van der Waals surface area contributed by atoms with E-state index in [1.54, 1.807) is 13.8 Å². The van der Waals surface area contributed by atoms with Crippen LogP contribution in [0.15, 0.2) is 24.3 Å². The number of carbonyl (C=O) groups is 2. The van der Waals surface area contributed by atoms with Crippen molar-refractivity contribution in [3.63, 3.8) is 0 Å². The summed E-state index contributed by atoms with van der Waals surface area (Å²) in [7, 11) is 0. The Kier molecular flexibility index (Phi) is 6.62. The molecule has 2 N–H and O–H groups in total. The summed E-state index contributed by atoms with van der Waals surface area (Å²) in [5.74, 6) is -2.16. The molecule has 134 valence electrons. The second-order valence-corrected chi connectivity index (χ2v) is 5.35. The lowest BCUT2D eigenvalue weighted by Gasteiger charge is -2.26. The van der Waals surface area contributed by atoms with Crippen LogP contribution in [-0.4, -0.2) is 30.1 Å². The third-order valence-electron chi connectivity index (χ3n) is 3.98. The van der Waals surface area contributed by atoms with Crippen molar-refractivity contribution in [2.75, 3.05) is 13.2 Å². The van der Waals surface area contributed by atoms with Crippen LogP contribution in [0.2, 0.25) is 0 Å². The zero-order valence-electron chi connectivity index (χ0n) is 13.4. The molecule has 0 heterocycles. The van der Waals surface area contributed by atoms with Crippen LogP contribution >= 0.6 is 0 Å². The highest BCUT2D eigenvalue weighted by molar-refractivity contribution is 5.80. The maximum atomic E-state index is 12.8. The molecule has 1 amide bonds. The number of nitrogens with one attached hydrogen (secondary N) is 1. The summed E-state index contributed by atoms with van der Waals surface area (Å²) in [5, 5.41) is 11.7. The summed E-state index contributed by atoms with van der Waals surface area (Å²) in [6.07, 6.45) is -3.95. The lowest BCUT2D eigenvalue weighted by molar-refractivity contribution is -0.149. The molecule has 1 rings (SSSR count). The van der Waals surface area contributed by atoms with Crippen LogP contribution in [0.3, 0.4) is 0 Å². The highest BCUT2D eigenvalue weighted by Crippen LogP contribution is 2.35. The molecule has 0 saturated heterocycles. The Bertz CT molecular complexity index is 583. The number of carboxylic acid groups (broad SMARTS) is 1.